The summed E-state index contributed by atoms with van der Waals surface area (Å²) in [6, 6.07) is 20.2. The third-order valence-corrected chi connectivity index (χ3v) is 7.80. The molecule has 0 saturated heterocycles. The van der Waals surface area contributed by atoms with Gasteiger partial charge in [-0.15, -0.1) is 10.2 Å². The first kappa shape index (κ1) is 25.3. The lowest BCUT2D eigenvalue weighted by atomic mass is 10.1. The van der Waals surface area contributed by atoms with E-state index in [1.54, 1.807) is 52.1 Å². The molecule has 0 aliphatic heterocycles. The summed E-state index contributed by atoms with van der Waals surface area (Å²) in [4.78, 5) is 23.2. The van der Waals surface area contributed by atoms with E-state index in [2.05, 4.69) is 39.5 Å². The van der Waals surface area contributed by atoms with Gasteiger partial charge in [0.15, 0.2) is 0 Å². The van der Waals surface area contributed by atoms with Gasteiger partial charge >= 0.3 is 6.16 Å². The molecule has 0 radical (unpaired) electrons. The summed E-state index contributed by atoms with van der Waals surface area (Å²) in [7, 11) is 3.18. The number of pyridine rings is 1. The largest absolute Gasteiger partial charge is 0.535 e. The topological polar surface area (TPSA) is 130 Å². The first-order chi connectivity index (χ1) is 17.5. The molecule has 5 aromatic rings. The smallest absolute Gasteiger partial charge is 0.431 e. The molecular weight excluding hydrogens is 502 g/mol. The number of fused-ring (bicyclic) bond motifs is 2. The molecule has 13 heteroatoms. The maximum absolute atomic E-state index is 12.0. The molecule has 36 heavy (non-hydrogen) atoms. The van der Waals surface area contributed by atoms with Crippen LogP contribution in [0.15, 0.2) is 78.0 Å². The van der Waals surface area contributed by atoms with E-state index in [0.717, 1.165) is 14.7 Å². The summed E-state index contributed by atoms with van der Waals surface area (Å²) >= 11 is 0. The maximum Gasteiger partial charge on any atom is 0.535 e. The van der Waals surface area contributed by atoms with Crippen LogP contribution in [-0.2, 0) is 4.74 Å². The Labute approximate surface area is 214 Å². The second kappa shape index (κ2) is 12.2. The van der Waals surface area contributed by atoms with E-state index in [4.69, 9.17) is 14.8 Å². The second-order valence-electron chi connectivity index (χ2n) is 7.70. The lowest BCUT2D eigenvalue weighted by Gasteiger charge is -2.18. The number of carbonyl (C=O) groups is 1. The molecule has 186 valence electrons. The summed E-state index contributed by atoms with van der Waals surface area (Å²) in [5.74, 6) is 0.316. The summed E-state index contributed by atoms with van der Waals surface area (Å²) in [5.41, 5.74) is 2.57. The average molecular weight is 526 g/mol. The zero-order chi connectivity index (χ0) is 25.3. The lowest BCUT2D eigenvalue weighted by molar-refractivity contribution is 0.0382. The van der Waals surface area contributed by atoms with Gasteiger partial charge in [0.05, 0.1) is 5.25 Å². The SMILES string of the molecule is CC(C)[C@@H](COC(=O)On1nnc2ccccc21)SSc1ccccn1.On1nnc2ccccc21. The lowest BCUT2D eigenvalue weighted by Crippen LogP contribution is -2.26. The van der Waals surface area contributed by atoms with Crippen molar-refractivity contribution in [2.24, 2.45) is 5.92 Å². The number of nitrogens with zero attached hydrogens (tertiary/aromatic N) is 7. The highest BCUT2D eigenvalue weighted by Crippen LogP contribution is 2.36. The van der Waals surface area contributed by atoms with Gasteiger partial charge in [0.2, 0.25) is 0 Å². The van der Waals surface area contributed by atoms with Crippen LogP contribution in [0.5, 0.6) is 0 Å². The third-order valence-electron chi connectivity index (χ3n) is 4.82. The molecule has 1 N–H and O–H groups in total. The molecule has 1 atom stereocenters. The van der Waals surface area contributed by atoms with Crippen LogP contribution in [0, 0.1) is 5.92 Å². The van der Waals surface area contributed by atoms with Crippen molar-refractivity contribution < 1.29 is 19.6 Å². The molecule has 3 heterocycles. The summed E-state index contributed by atoms with van der Waals surface area (Å²) in [6.07, 6.45) is 0.943. The maximum atomic E-state index is 12.0. The van der Waals surface area contributed by atoms with E-state index < -0.39 is 6.16 Å². The molecule has 3 aromatic heterocycles. The van der Waals surface area contributed by atoms with Gasteiger partial charge in [-0.2, -0.15) is 0 Å². The van der Waals surface area contributed by atoms with Crippen LogP contribution in [0.3, 0.4) is 0 Å². The zero-order valence-electron chi connectivity index (χ0n) is 19.4. The first-order valence-corrected chi connectivity index (χ1v) is 13.1. The fraction of sp³-hybridized carbons (Fsp3) is 0.217. The molecule has 0 aliphatic rings. The third kappa shape index (κ3) is 6.64. The normalized spacial score (nSPS) is 11.8. The Kier molecular flexibility index (Phi) is 8.57. The summed E-state index contributed by atoms with van der Waals surface area (Å²) in [6.45, 7) is 4.39. The molecule has 5 rings (SSSR count). The second-order valence-corrected chi connectivity index (χ2v) is 10.2. The predicted molar refractivity (Wildman–Crippen MR) is 136 cm³/mol. The van der Waals surface area contributed by atoms with E-state index >= 15 is 0 Å². The molecule has 0 bridgehead atoms. The fourth-order valence-corrected chi connectivity index (χ4v) is 5.46. The molecule has 2 aromatic carbocycles. The van der Waals surface area contributed by atoms with Crippen molar-refractivity contribution in [3.63, 3.8) is 0 Å². The number of para-hydroxylation sites is 2. The minimum Gasteiger partial charge on any atom is -0.431 e. The molecule has 0 saturated carbocycles. The van der Waals surface area contributed by atoms with Crippen molar-refractivity contribution in [3.05, 3.63) is 72.9 Å². The monoisotopic (exact) mass is 525 g/mol. The predicted octanol–water partition coefficient (Wildman–Crippen LogP) is 4.53. The van der Waals surface area contributed by atoms with Crippen LogP contribution < -0.4 is 4.84 Å². The Hall–Kier alpha value is -3.84. The van der Waals surface area contributed by atoms with Crippen molar-refractivity contribution in [2.75, 3.05) is 6.61 Å². The number of benzene rings is 2. The van der Waals surface area contributed by atoms with Crippen LogP contribution in [0.1, 0.15) is 13.8 Å². The van der Waals surface area contributed by atoms with E-state index in [0.29, 0.717) is 28.0 Å². The quantitative estimate of drug-likeness (QED) is 0.139. The summed E-state index contributed by atoms with van der Waals surface area (Å²) < 4.78 is 5.27. The van der Waals surface area contributed by atoms with Crippen molar-refractivity contribution in [1.29, 1.82) is 0 Å². The molecule has 11 nitrogen and oxygen atoms in total. The van der Waals surface area contributed by atoms with Crippen LogP contribution in [0.4, 0.5) is 4.79 Å². The van der Waals surface area contributed by atoms with E-state index in [-0.39, 0.29) is 11.9 Å². The van der Waals surface area contributed by atoms with Crippen LogP contribution in [0.2, 0.25) is 0 Å². The summed E-state index contributed by atoms with van der Waals surface area (Å²) in [5, 5.41) is 24.8. The Morgan fingerprint density at radius 3 is 2.31 bits per heavy atom. The van der Waals surface area contributed by atoms with Crippen LogP contribution >= 0.6 is 21.6 Å². The van der Waals surface area contributed by atoms with Crippen LogP contribution in [-0.4, -0.2) is 58.5 Å². The number of aromatic nitrogens is 7. The number of hydrogen-bond donors (Lipinski definition) is 1. The van der Waals surface area contributed by atoms with Gasteiger partial charge in [-0.1, -0.05) is 64.7 Å². The standard InChI is InChI=1S/C17H18N4O3S2.C6H5N3O/c1-12(2)15(25-26-16-9-5-6-10-18-16)11-23-17(22)24-21-14-8-4-3-7-13(14)19-20-21;10-9-6-4-2-1-3-5(6)7-8-9/h3-10,12,15H,11H2,1-2H3;1-4,10H/t15-;/m1./s1. The Morgan fingerprint density at radius 1 is 0.944 bits per heavy atom. The molecule has 0 spiro atoms. The van der Waals surface area contributed by atoms with Gasteiger partial charge < -0.3 is 9.94 Å². The molecular formula is C23H23N7O4S2. The number of rotatable bonds is 7. The molecule has 0 amide bonds. The zero-order valence-corrected chi connectivity index (χ0v) is 21.0. The van der Waals surface area contributed by atoms with Crippen LogP contribution in [0.25, 0.3) is 22.1 Å². The van der Waals surface area contributed by atoms with Crippen molar-refractivity contribution in [3.8, 4) is 0 Å². The average Bonchev–Trinajstić information content (AvgIpc) is 3.48. The van der Waals surface area contributed by atoms with Gasteiger partial charge in [-0.05, 0) is 63.5 Å². The number of ether oxygens (including phenoxy) is 1. The molecule has 0 fully saturated rings. The van der Waals surface area contributed by atoms with E-state index in [1.807, 2.05) is 42.5 Å². The van der Waals surface area contributed by atoms with Gasteiger partial charge in [-0.25, -0.2) is 9.78 Å². The highest BCUT2D eigenvalue weighted by Gasteiger charge is 2.19. The highest BCUT2D eigenvalue weighted by molar-refractivity contribution is 8.76. The van der Waals surface area contributed by atoms with E-state index in [1.165, 1.54) is 0 Å². The Bertz CT molecular complexity index is 1410. The minimum atomic E-state index is -0.810. The van der Waals surface area contributed by atoms with Gasteiger partial charge in [-0.3, -0.25) is 4.84 Å². The Morgan fingerprint density at radius 2 is 1.61 bits per heavy atom. The van der Waals surface area contributed by atoms with Gasteiger partial charge in [0, 0.05) is 6.20 Å². The Balaban J connectivity index is 0.000000251. The molecule has 0 unspecified atom stereocenters. The van der Waals surface area contributed by atoms with Crippen molar-refractivity contribution in [2.45, 2.75) is 24.1 Å². The van der Waals surface area contributed by atoms with Crippen molar-refractivity contribution in [1.82, 2.24) is 35.3 Å². The fourth-order valence-electron chi connectivity index (χ4n) is 2.86. The van der Waals surface area contributed by atoms with Gasteiger partial charge in [0.1, 0.15) is 33.7 Å². The minimum absolute atomic E-state index is 0.0991. The van der Waals surface area contributed by atoms with E-state index in [9.17, 15) is 4.79 Å². The van der Waals surface area contributed by atoms with Crippen molar-refractivity contribution >= 4 is 49.8 Å². The number of carbonyl (C=O) groups excluding carboxylic acids is 1. The number of hydrogen-bond acceptors (Lipinski definition) is 11. The molecule has 0 aliphatic carbocycles. The highest BCUT2D eigenvalue weighted by atomic mass is 33.1. The first-order valence-electron chi connectivity index (χ1n) is 10.9. The van der Waals surface area contributed by atoms with Gasteiger partial charge in [0.25, 0.3) is 0 Å².